The molecule has 2 N–H and O–H groups in total. The molecule has 2 heterocycles. The zero-order chi connectivity index (χ0) is 17.7. The number of rotatable bonds is 3. The number of carbonyl (C=O) groups excluding carboxylic acids is 2. The number of likely N-dealkylation sites (tertiary alicyclic amines) is 1. The molecule has 0 aromatic carbocycles. The Morgan fingerprint density at radius 1 is 0.704 bits per heavy atom. The summed E-state index contributed by atoms with van der Waals surface area (Å²) >= 11 is 0. The van der Waals surface area contributed by atoms with Gasteiger partial charge >= 0.3 is 0 Å². The number of piperazine rings is 1. The van der Waals surface area contributed by atoms with E-state index in [2.05, 4.69) is 4.90 Å². The lowest BCUT2D eigenvalue weighted by atomic mass is 9.81. The minimum Gasteiger partial charge on any atom is -0.342 e. The van der Waals surface area contributed by atoms with Gasteiger partial charge in [0.1, 0.15) is 0 Å². The Morgan fingerprint density at radius 2 is 1.22 bits per heavy atom. The molecule has 3 rings (SSSR count). The molecule has 6 nitrogen and oxygen atoms in total. The van der Waals surface area contributed by atoms with Gasteiger partial charge in [0.15, 0.2) is 0 Å². The predicted molar refractivity (Wildman–Crippen MR) is 113 cm³/mol. The highest BCUT2D eigenvalue weighted by Gasteiger charge is 2.39. The number of carbonyl (C=O) groups is 2. The lowest BCUT2D eigenvalue weighted by Crippen LogP contribution is -2.60. The monoisotopic (exact) mass is 422 g/mol. The summed E-state index contributed by atoms with van der Waals surface area (Å²) in [6.45, 7) is 5.27. The van der Waals surface area contributed by atoms with Crippen LogP contribution in [0.1, 0.15) is 57.8 Å². The van der Waals surface area contributed by atoms with Crippen LogP contribution in [0.2, 0.25) is 0 Å². The molecular formula is C19H36Cl2N4O2. The first-order chi connectivity index (χ1) is 12.1. The van der Waals surface area contributed by atoms with Crippen LogP contribution in [0.25, 0.3) is 0 Å². The summed E-state index contributed by atoms with van der Waals surface area (Å²) in [5.41, 5.74) is 5.76. The fraction of sp³-hybridized carbons (Fsp3) is 0.895. The Bertz CT molecular complexity index is 470. The van der Waals surface area contributed by atoms with Gasteiger partial charge in [-0.3, -0.25) is 14.5 Å². The van der Waals surface area contributed by atoms with Crippen molar-refractivity contribution in [1.29, 1.82) is 0 Å². The first-order valence-electron chi connectivity index (χ1n) is 10.2. The van der Waals surface area contributed by atoms with E-state index in [0.717, 1.165) is 64.7 Å². The first kappa shape index (κ1) is 24.5. The van der Waals surface area contributed by atoms with Gasteiger partial charge < -0.3 is 15.5 Å². The van der Waals surface area contributed by atoms with Crippen molar-refractivity contribution in [2.24, 2.45) is 5.73 Å². The molecule has 1 aliphatic carbocycles. The van der Waals surface area contributed by atoms with Gasteiger partial charge in [-0.15, -0.1) is 24.8 Å². The number of nitrogens with two attached hydrogens (primary N) is 1. The average molecular weight is 423 g/mol. The van der Waals surface area contributed by atoms with Crippen molar-refractivity contribution >= 4 is 36.6 Å². The molecule has 0 unspecified atom stereocenters. The average Bonchev–Trinajstić information content (AvgIpc) is 2.92. The molecule has 3 fully saturated rings. The summed E-state index contributed by atoms with van der Waals surface area (Å²) in [5, 5.41) is 0. The van der Waals surface area contributed by atoms with E-state index in [1.54, 1.807) is 0 Å². The van der Waals surface area contributed by atoms with Crippen molar-refractivity contribution in [3.8, 4) is 0 Å². The minimum absolute atomic E-state index is 0. The van der Waals surface area contributed by atoms with Gasteiger partial charge in [0.25, 0.3) is 0 Å². The number of hydrogen-bond donors (Lipinski definition) is 1. The second-order valence-electron chi connectivity index (χ2n) is 8.08. The molecule has 158 valence electrons. The highest BCUT2D eigenvalue weighted by molar-refractivity contribution is 5.86. The first-order valence-corrected chi connectivity index (χ1v) is 10.2. The molecule has 0 atom stereocenters. The van der Waals surface area contributed by atoms with Crippen LogP contribution in [-0.4, -0.2) is 77.9 Å². The van der Waals surface area contributed by atoms with Crippen LogP contribution in [0.5, 0.6) is 0 Å². The summed E-state index contributed by atoms with van der Waals surface area (Å²) in [4.78, 5) is 31.5. The van der Waals surface area contributed by atoms with E-state index in [4.69, 9.17) is 5.73 Å². The molecule has 2 saturated heterocycles. The molecule has 0 aromatic rings. The van der Waals surface area contributed by atoms with Gasteiger partial charge in [0.2, 0.25) is 11.8 Å². The molecular weight excluding hydrogens is 387 g/mol. The molecule has 0 radical (unpaired) electrons. The third-order valence-corrected chi connectivity index (χ3v) is 6.15. The summed E-state index contributed by atoms with van der Waals surface area (Å²) in [7, 11) is 0. The van der Waals surface area contributed by atoms with Crippen LogP contribution in [-0.2, 0) is 9.59 Å². The zero-order valence-electron chi connectivity index (χ0n) is 16.4. The van der Waals surface area contributed by atoms with Crippen LogP contribution in [0, 0.1) is 0 Å². The molecule has 0 aromatic heterocycles. The van der Waals surface area contributed by atoms with Crippen LogP contribution >= 0.6 is 24.8 Å². The molecule has 2 aliphatic heterocycles. The maximum atomic E-state index is 12.8. The van der Waals surface area contributed by atoms with Crippen molar-refractivity contribution in [3.05, 3.63) is 0 Å². The van der Waals surface area contributed by atoms with Crippen molar-refractivity contribution in [2.45, 2.75) is 63.3 Å². The molecule has 27 heavy (non-hydrogen) atoms. The Hall–Kier alpha value is -0.560. The molecule has 2 amide bonds. The van der Waals surface area contributed by atoms with Crippen LogP contribution < -0.4 is 5.73 Å². The lowest BCUT2D eigenvalue weighted by molar-refractivity contribution is -0.140. The van der Waals surface area contributed by atoms with Crippen molar-refractivity contribution in [2.75, 3.05) is 45.8 Å². The fourth-order valence-corrected chi connectivity index (χ4v) is 4.43. The highest BCUT2D eigenvalue weighted by Crippen LogP contribution is 2.28. The topological polar surface area (TPSA) is 69.9 Å². The fourth-order valence-electron chi connectivity index (χ4n) is 4.43. The standard InChI is InChI=1S/C19H34N4O2.2ClH/c20-19(8-4-3-5-9-19)18(25)23-14-12-21(13-15-23)16-17(24)22-10-6-1-2-7-11-22;;/h1-16,20H2;2*1H. The van der Waals surface area contributed by atoms with Gasteiger partial charge in [-0.2, -0.15) is 0 Å². The number of nitrogens with zero attached hydrogens (tertiary/aromatic N) is 3. The predicted octanol–water partition coefficient (Wildman–Crippen LogP) is 2.04. The molecule has 8 heteroatoms. The van der Waals surface area contributed by atoms with Gasteiger partial charge in [-0.25, -0.2) is 0 Å². The lowest BCUT2D eigenvalue weighted by Gasteiger charge is -2.41. The number of hydrogen-bond acceptors (Lipinski definition) is 4. The Kier molecular flexibility index (Phi) is 10.4. The van der Waals surface area contributed by atoms with Gasteiger partial charge in [-0.05, 0) is 25.7 Å². The van der Waals surface area contributed by atoms with E-state index >= 15 is 0 Å². The van der Waals surface area contributed by atoms with E-state index in [1.165, 1.54) is 19.3 Å². The summed E-state index contributed by atoms with van der Waals surface area (Å²) in [6, 6.07) is 0. The zero-order valence-corrected chi connectivity index (χ0v) is 18.0. The van der Waals surface area contributed by atoms with Crippen LogP contribution in [0.4, 0.5) is 0 Å². The SMILES string of the molecule is Cl.Cl.NC1(C(=O)N2CCN(CC(=O)N3CCCCCC3)CC2)CCCCC1. The Labute approximate surface area is 176 Å². The Balaban J connectivity index is 0.00000182. The highest BCUT2D eigenvalue weighted by atomic mass is 35.5. The summed E-state index contributed by atoms with van der Waals surface area (Å²) in [6.07, 6.45) is 9.70. The molecule has 0 spiro atoms. The molecule has 0 bridgehead atoms. The summed E-state index contributed by atoms with van der Waals surface area (Å²) < 4.78 is 0. The third kappa shape index (κ3) is 6.48. The van der Waals surface area contributed by atoms with E-state index in [0.29, 0.717) is 19.6 Å². The number of amides is 2. The normalized spacial score (nSPS) is 23.6. The van der Waals surface area contributed by atoms with Crippen molar-refractivity contribution in [3.63, 3.8) is 0 Å². The quantitative estimate of drug-likeness (QED) is 0.754. The largest absolute Gasteiger partial charge is 0.342 e. The maximum absolute atomic E-state index is 12.8. The van der Waals surface area contributed by atoms with Crippen LogP contribution in [0.15, 0.2) is 0 Å². The van der Waals surface area contributed by atoms with Gasteiger partial charge in [-0.1, -0.05) is 32.1 Å². The van der Waals surface area contributed by atoms with E-state index in [9.17, 15) is 9.59 Å². The Morgan fingerprint density at radius 3 is 1.78 bits per heavy atom. The van der Waals surface area contributed by atoms with E-state index in [-0.39, 0.29) is 36.6 Å². The van der Waals surface area contributed by atoms with E-state index < -0.39 is 5.54 Å². The van der Waals surface area contributed by atoms with Gasteiger partial charge in [0.05, 0.1) is 12.1 Å². The van der Waals surface area contributed by atoms with Crippen molar-refractivity contribution < 1.29 is 9.59 Å². The van der Waals surface area contributed by atoms with E-state index in [1.807, 2.05) is 9.80 Å². The van der Waals surface area contributed by atoms with Crippen LogP contribution in [0.3, 0.4) is 0 Å². The minimum atomic E-state index is -0.637. The molecule has 3 aliphatic rings. The van der Waals surface area contributed by atoms with Crippen molar-refractivity contribution in [1.82, 2.24) is 14.7 Å². The third-order valence-electron chi connectivity index (χ3n) is 6.15. The maximum Gasteiger partial charge on any atom is 0.242 e. The van der Waals surface area contributed by atoms with Gasteiger partial charge in [0, 0.05) is 39.3 Å². The molecule has 1 saturated carbocycles. The smallest absolute Gasteiger partial charge is 0.242 e. The second kappa shape index (κ2) is 11.4. The summed E-state index contributed by atoms with van der Waals surface area (Å²) in [5.74, 6) is 0.384. The second-order valence-corrected chi connectivity index (χ2v) is 8.08. The number of halogens is 2.